The number of aromatic nitrogens is 4. The maximum atomic E-state index is 13.6. The molecule has 1 fully saturated rings. The van der Waals surface area contributed by atoms with Crippen molar-refractivity contribution in [3.8, 4) is 0 Å². The molecule has 1 aliphatic heterocycles. The predicted octanol–water partition coefficient (Wildman–Crippen LogP) is 1.38. The first kappa shape index (κ1) is 21.3. The maximum Gasteiger partial charge on any atom is 0.245 e. The van der Waals surface area contributed by atoms with E-state index in [2.05, 4.69) is 39.6 Å². The van der Waals surface area contributed by atoms with E-state index in [-0.39, 0.29) is 17.8 Å². The van der Waals surface area contributed by atoms with Crippen molar-refractivity contribution in [1.82, 2.24) is 30.4 Å². The van der Waals surface area contributed by atoms with Crippen LogP contribution in [0.5, 0.6) is 0 Å². The quantitative estimate of drug-likeness (QED) is 0.716. The fourth-order valence-electron chi connectivity index (χ4n) is 3.62. The van der Waals surface area contributed by atoms with Crippen LogP contribution in [0.15, 0.2) is 24.3 Å². The number of nitrogens with zero attached hydrogens (tertiary/aromatic N) is 5. The molecule has 1 aromatic carbocycles. The number of nitrogens with one attached hydrogen (secondary N) is 1. The highest BCUT2D eigenvalue weighted by Crippen LogP contribution is 2.16. The number of rotatable bonds is 8. The fraction of sp³-hybridized carbons (Fsp3) is 0.600. The van der Waals surface area contributed by atoms with Gasteiger partial charge >= 0.3 is 0 Å². The molecule has 2 heterocycles. The lowest BCUT2D eigenvalue weighted by Gasteiger charge is -2.34. The first-order valence-corrected chi connectivity index (χ1v) is 10.0. The number of carbonyl (C=O) groups excluding carboxylic acids is 1. The summed E-state index contributed by atoms with van der Waals surface area (Å²) in [5.74, 6) is 0.561. The van der Waals surface area contributed by atoms with Crippen molar-refractivity contribution in [2.45, 2.75) is 39.3 Å². The van der Waals surface area contributed by atoms with Gasteiger partial charge in [0, 0.05) is 32.6 Å². The highest BCUT2D eigenvalue weighted by molar-refractivity contribution is 5.80. The number of benzene rings is 1. The average molecular weight is 404 g/mol. The van der Waals surface area contributed by atoms with Gasteiger partial charge in [-0.2, -0.15) is 0 Å². The van der Waals surface area contributed by atoms with Crippen LogP contribution in [0.1, 0.15) is 31.3 Å². The van der Waals surface area contributed by atoms with E-state index in [9.17, 15) is 9.18 Å². The van der Waals surface area contributed by atoms with Crippen molar-refractivity contribution in [3.63, 3.8) is 0 Å². The second-order valence-electron chi connectivity index (χ2n) is 7.91. The lowest BCUT2D eigenvalue weighted by molar-refractivity contribution is -0.126. The number of hydrogen-bond acceptors (Lipinski definition) is 6. The average Bonchev–Trinajstić information content (AvgIpc) is 3.10. The molecule has 0 saturated carbocycles. The maximum absolute atomic E-state index is 13.6. The summed E-state index contributed by atoms with van der Waals surface area (Å²) < 4.78 is 20.9. The van der Waals surface area contributed by atoms with Crippen LogP contribution >= 0.6 is 0 Å². The van der Waals surface area contributed by atoms with Crippen molar-refractivity contribution < 1.29 is 13.9 Å². The molecule has 8 nitrogen and oxygen atoms in total. The molecule has 9 heteroatoms. The summed E-state index contributed by atoms with van der Waals surface area (Å²) in [5.41, 5.74) is 0.706. The summed E-state index contributed by atoms with van der Waals surface area (Å²) in [6.45, 7) is 9.90. The highest BCUT2D eigenvalue weighted by atomic mass is 19.1. The van der Waals surface area contributed by atoms with Gasteiger partial charge in [0.15, 0.2) is 0 Å². The Morgan fingerprint density at radius 1 is 1.41 bits per heavy atom. The van der Waals surface area contributed by atoms with Crippen molar-refractivity contribution in [3.05, 3.63) is 41.5 Å². The van der Waals surface area contributed by atoms with Crippen LogP contribution in [0.2, 0.25) is 0 Å². The van der Waals surface area contributed by atoms with Gasteiger partial charge in [-0.1, -0.05) is 26.0 Å². The Kier molecular flexibility index (Phi) is 7.27. The van der Waals surface area contributed by atoms with Gasteiger partial charge in [0.05, 0.1) is 12.7 Å². The number of tetrazole rings is 1. The lowest BCUT2D eigenvalue weighted by atomic mass is 10.0. The first-order chi connectivity index (χ1) is 13.9. The molecular weight excluding hydrogens is 375 g/mol. The van der Waals surface area contributed by atoms with Gasteiger partial charge in [-0.25, -0.2) is 9.07 Å². The minimum Gasteiger partial charge on any atom is -0.374 e. The van der Waals surface area contributed by atoms with E-state index in [0.717, 1.165) is 19.6 Å². The zero-order chi connectivity index (χ0) is 20.8. The van der Waals surface area contributed by atoms with Gasteiger partial charge in [0.2, 0.25) is 5.91 Å². The highest BCUT2D eigenvalue weighted by Gasteiger charge is 2.27. The molecule has 1 aliphatic rings. The molecular formula is C20H29FN6O2. The molecule has 0 aliphatic carbocycles. The topological polar surface area (TPSA) is 85.2 Å². The Morgan fingerprint density at radius 3 is 2.93 bits per heavy atom. The first-order valence-electron chi connectivity index (χ1n) is 10.0. The monoisotopic (exact) mass is 404 g/mol. The van der Waals surface area contributed by atoms with Crippen LogP contribution in [-0.2, 0) is 16.0 Å². The van der Waals surface area contributed by atoms with E-state index < -0.39 is 6.04 Å². The van der Waals surface area contributed by atoms with Gasteiger partial charge in [-0.3, -0.25) is 9.69 Å². The van der Waals surface area contributed by atoms with E-state index >= 15 is 0 Å². The predicted molar refractivity (Wildman–Crippen MR) is 106 cm³/mol. The largest absolute Gasteiger partial charge is 0.374 e. The van der Waals surface area contributed by atoms with Gasteiger partial charge in [0.1, 0.15) is 17.7 Å². The Hall–Kier alpha value is -2.39. The molecule has 2 atom stereocenters. The normalized spacial score (nSPS) is 18.7. The molecule has 158 valence electrons. The zero-order valence-electron chi connectivity index (χ0n) is 17.2. The van der Waals surface area contributed by atoms with Crippen LogP contribution in [0, 0.1) is 18.7 Å². The molecule has 29 heavy (non-hydrogen) atoms. The summed E-state index contributed by atoms with van der Waals surface area (Å²) in [5, 5.41) is 14.5. The lowest BCUT2D eigenvalue weighted by Crippen LogP contribution is -2.49. The van der Waals surface area contributed by atoms with Crippen LogP contribution in [0.25, 0.3) is 0 Å². The smallest absolute Gasteiger partial charge is 0.245 e. The van der Waals surface area contributed by atoms with Crippen LogP contribution < -0.4 is 5.32 Å². The zero-order valence-corrected chi connectivity index (χ0v) is 17.2. The van der Waals surface area contributed by atoms with Gasteiger partial charge < -0.3 is 10.1 Å². The third kappa shape index (κ3) is 6.04. The fourth-order valence-corrected chi connectivity index (χ4v) is 3.62. The molecule has 1 N–H and O–H groups in total. The van der Waals surface area contributed by atoms with E-state index in [1.807, 2.05) is 0 Å². The Morgan fingerprint density at radius 2 is 2.24 bits per heavy atom. The Labute approximate surface area is 170 Å². The van der Waals surface area contributed by atoms with Crippen molar-refractivity contribution in [1.29, 1.82) is 0 Å². The number of morpholine rings is 1. The molecule has 0 bridgehead atoms. The summed E-state index contributed by atoms with van der Waals surface area (Å²) in [6, 6.07) is 5.56. The van der Waals surface area contributed by atoms with Crippen molar-refractivity contribution >= 4 is 5.91 Å². The van der Waals surface area contributed by atoms with Gasteiger partial charge in [0.25, 0.3) is 0 Å². The minimum atomic E-state index is -0.665. The van der Waals surface area contributed by atoms with Crippen molar-refractivity contribution in [2.75, 3.05) is 32.8 Å². The molecule has 1 amide bonds. The SMILES string of the molecule is Cc1nnnn1[C@H](Cc1cccc(F)c1)C(=O)NC[C@H]1CN(CC(C)C)CCO1. The molecule has 0 spiro atoms. The van der Waals surface area contributed by atoms with Crippen LogP contribution in [0.4, 0.5) is 4.39 Å². The number of carbonyl (C=O) groups is 1. The summed E-state index contributed by atoms with van der Waals surface area (Å²) in [7, 11) is 0. The number of amides is 1. The third-order valence-corrected chi connectivity index (χ3v) is 4.92. The van der Waals surface area contributed by atoms with E-state index in [4.69, 9.17) is 4.74 Å². The van der Waals surface area contributed by atoms with Crippen LogP contribution in [-0.4, -0.2) is 69.9 Å². The number of hydrogen-bond donors (Lipinski definition) is 1. The molecule has 2 aromatic rings. The molecule has 0 radical (unpaired) electrons. The van der Waals surface area contributed by atoms with E-state index in [0.29, 0.717) is 36.9 Å². The minimum absolute atomic E-state index is 0.0590. The van der Waals surface area contributed by atoms with Crippen LogP contribution in [0.3, 0.4) is 0 Å². The van der Waals surface area contributed by atoms with Gasteiger partial charge in [-0.05, 0) is 41.0 Å². The summed E-state index contributed by atoms with van der Waals surface area (Å²) in [4.78, 5) is 15.4. The van der Waals surface area contributed by atoms with E-state index in [1.54, 1.807) is 19.1 Å². The Bertz CT molecular complexity index is 812. The van der Waals surface area contributed by atoms with Gasteiger partial charge in [-0.15, -0.1) is 5.10 Å². The molecule has 1 saturated heterocycles. The Balaban J connectivity index is 1.65. The molecule has 1 aromatic heterocycles. The van der Waals surface area contributed by atoms with E-state index in [1.165, 1.54) is 16.8 Å². The second kappa shape index (κ2) is 9.89. The number of ether oxygens (including phenoxy) is 1. The standard InChI is InChI=1S/C20H29FN6O2/c1-14(2)12-26-7-8-29-18(13-26)11-22-20(28)19(27-15(3)23-24-25-27)10-16-5-4-6-17(21)9-16/h4-6,9,14,18-19H,7-8,10-13H2,1-3H3,(H,22,28)/t18-,19+/m0/s1. The number of aryl methyl sites for hydroxylation is 1. The molecule has 3 rings (SSSR count). The second-order valence-corrected chi connectivity index (χ2v) is 7.91. The third-order valence-electron chi connectivity index (χ3n) is 4.92. The molecule has 0 unspecified atom stereocenters. The number of halogens is 1. The summed E-state index contributed by atoms with van der Waals surface area (Å²) in [6.07, 6.45) is 0.233. The summed E-state index contributed by atoms with van der Waals surface area (Å²) >= 11 is 0. The van der Waals surface area contributed by atoms with Crippen molar-refractivity contribution in [2.24, 2.45) is 5.92 Å².